The van der Waals surface area contributed by atoms with E-state index in [9.17, 15) is 13.2 Å². The molecule has 1 atom stereocenters. The van der Waals surface area contributed by atoms with Crippen molar-refractivity contribution < 1.29 is 17.9 Å². The van der Waals surface area contributed by atoms with E-state index >= 15 is 0 Å². The third-order valence-corrected chi connectivity index (χ3v) is 6.80. The lowest BCUT2D eigenvalue weighted by molar-refractivity contribution is -0.122. The number of carbonyl (C=O) groups is 1. The van der Waals surface area contributed by atoms with Crippen molar-refractivity contribution in [1.29, 1.82) is 0 Å². The topological polar surface area (TPSA) is 79.0 Å². The second kappa shape index (κ2) is 10.8. The average Bonchev–Trinajstić information content (AvgIpc) is 3.26. The van der Waals surface area contributed by atoms with Crippen LogP contribution >= 0.6 is 0 Å². The number of hydrogen-bond donors (Lipinski definition) is 1. The van der Waals surface area contributed by atoms with E-state index in [-0.39, 0.29) is 5.91 Å². The molecule has 1 aliphatic rings. The number of carbonyl (C=O) groups excluding carboxylic acids is 1. The van der Waals surface area contributed by atoms with Gasteiger partial charge in [-0.25, -0.2) is 8.42 Å². The van der Waals surface area contributed by atoms with Crippen molar-refractivity contribution in [3.63, 3.8) is 0 Å². The first-order valence-corrected chi connectivity index (χ1v) is 12.9. The second-order valence-electron chi connectivity index (χ2n) is 8.18. The minimum absolute atomic E-state index is 0.345. The van der Waals surface area contributed by atoms with Crippen LogP contribution in [0.25, 0.3) is 0 Å². The zero-order valence-corrected chi connectivity index (χ0v) is 19.9. The van der Waals surface area contributed by atoms with Crippen LogP contribution in [0.4, 0.5) is 5.69 Å². The number of ether oxygens (including phenoxy) is 1. The molecule has 0 saturated carbocycles. The zero-order valence-electron chi connectivity index (χ0n) is 19.1. The highest BCUT2D eigenvalue weighted by Gasteiger charge is 2.29. The number of rotatable bonds is 10. The molecule has 0 aliphatic carbocycles. The quantitative estimate of drug-likeness (QED) is 0.591. The number of hydrogen-bond acceptors (Lipinski definition) is 5. The molecule has 2 aromatic carbocycles. The molecule has 8 heteroatoms. The standard InChI is InChI=1S/C24H33N3O4S/c1-4-31-23-12-10-22(11-13-23)27(32(3,29)30)19(2)24(28)25-17-20-8-7-9-21(16-20)18-26-14-5-6-15-26/h7-13,16,19H,4-6,14-15,17-18H2,1-3H3,(H,25,28)/t19-/m1/s1. The number of nitrogens with zero attached hydrogens (tertiary/aromatic N) is 2. The van der Waals surface area contributed by atoms with E-state index in [1.165, 1.54) is 18.4 Å². The van der Waals surface area contributed by atoms with Gasteiger partial charge in [0.1, 0.15) is 11.8 Å². The summed E-state index contributed by atoms with van der Waals surface area (Å²) < 4.78 is 31.5. The number of nitrogens with one attached hydrogen (secondary N) is 1. The maximum Gasteiger partial charge on any atom is 0.243 e. The van der Waals surface area contributed by atoms with Crippen LogP contribution in [0, 0.1) is 0 Å². The molecular weight excluding hydrogens is 426 g/mol. The van der Waals surface area contributed by atoms with E-state index in [2.05, 4.69) is 22.3 Å². The lowest BCUT2D eigenvalue weighted by atomic mass is 10.1. The van der Waals surface area contributed by atoms with Gasteiger partial charge in [0.25, 0.3) is 0 Å². The van der Waals surface area contributed by atoms with E-state index in [0.29, 0.717) is 24.6 Å². The third-order valence-electron chi connectivity index (χ3n) is 5.55. The Morgan fingerprint density at radius 2 is 1.78 bits per heavy atom. The van der Waals surface area contributed by atoms with Crippen molar-refractivity contribution in [3.05, 3.63) is 59.7 Å². The molecule has 1 saturated heterocycles. The molecule has 7 nitrogen and oxygen atoms in total. The van der Waals surface area contributed by atoms with Crippen molar-refractivity contribution in [1.82, 2.24) is 10.2 Å². The van der Waals surface area contributed by atoms with Gasteiger partial charge in [-0.05, 0) is 75.2 Å². The summed E-state index contributed by atoms with van der Waals surface area (Å²) in [6.07, 6.45) is 3.60. The van der Waals surface area contributed by atoms with Gasteiger partial charge in [0.15, 0.2) is 0 Å². The fourth-order valence-electron chi connectivity index (χ4n) is 4.04. The lowest BCUT2D eigenvalue weighted by Crippen LogP contribution is -2.47. The zero-order chi connectivity index (χ0) is 23.1. The average molecular weight is 460 g/mol. The van der Waals surface area contributed by atoms with Crippen molar-refractivity contribution >= 4 is 21.6 Å². The van der Waals surface area contributed by atoms with Crippen LogP contribution in [0.5, 0.6) is 5.75 Å². The molecule has 0 bridgehead atoms. The third kappa shape index (κ3) is 6.46. The first kappa shape index (κ1) is 24.1. The number of anilines is 1. The van der Waals surface area contributed by atoms with Gasteiger partial charge in [-0.2, -0.15) is 0 Å². The SMILES string of the molecule is CCOc1ccc(N([C@H](C)C(=O)NCc2cccc(CN3CCCC3)c2)S(C)(=O)=O)cc1. The minimum Gasteiger partial charge on any atom is -0.494 e. The van der Waals surface area contributed by atoms with Crippen LogP contribution in [-0.2, 0) is 27.9 Å². The van der Waals surface area contributed by atoms with Crippen LogP contribution < -0.4 is 14.4 Å². The Kier molecular flexibility index (Phi) is 8.15. The van der Waals surface area contributed by atoms with E-state index in [1.807, 2.05) is 19.1 Å². The summed E-state index contributed by atoms with van der Waals surface area (Å²) in [6.45, 7) is 7.52. The largest absolute Gasteiger partial charge is 0.494 e. The molecule has 1 amide bonds. The number of likely N-dealkylation sites (tertiary alicyclic amines) is 1. The van der Waals surface area contributed by atoms with Crippen molar-refractivity contribution in [2.24, 2.45) is 0 Å². The summed E-state index contributed by atoms with van der Waals surface area (Å²) in [7, 11) is -3.66. The molecule has 0 spiro atoms. The van der Waals surface area contributed by atoms with Crippen molar-refractivity contribution in [2.45, 2.75) is 45.8 Å². The molecule has 1 N–H and O–H groups in total. The normalized spacial score (nSPS) is 15.3. The van der Waals surface area contributed by atoms with Crippen LogP contribution in [-0.4, -0.2) is 51.2 Å². The molecule has 2 aromatic rings. The van der Waals surface area contributed by atoms with Crippen LogP contribution in [0.15, 0.2) is 48.5 Å². The van der Waals surface area contributed by atoms with Gasteiger partial charge in [0, 0.05) is 13.1 Å². The number of amides is 1. The maximum atomic E-state index is 12.9. The fourth-order valence-corrected chi connectivity index (χ4v) is 5.21. The molecule has 0 radical (unpaired) electrons. The van der Waals surface area contributed by atoms with Gasteiger partial charge in [-0.3, -0.25) is 14.0 Å². The van der Waals surface area contributed by atoms with Gasteiger partial charge < -0.3 is 10.1 Å². The molecule has 0 unspecified atom stereocenters. The Bertz CT molecular complexity index is 1000. The lowest BCUT2D eigenvalue weighted by Gasteiger charge is -2.28. The number of sulfonamides is 1. The van der Waals surface area contributed by atoms with E-state index in [1.54, 1.807) is 31.2 Å². The van der Waals surface area contributed by atoms with Crippen molar-refractivity contribution in [3.8, 4) is 5.75 Å². The van der Waals surface area contributed by atoms with Gasteiger partial charge in [-0.1, -0.05) is 24.3 Å². The molecule has 1 fully saturated rings. The fraction of sp³-hybridized carbons (Fsp3) is 0.458. The van der Waals surface area contributed by atoms with E-state index in [0.717, 1.165) is 35.8 Å². The number of benzene rings is 2. The summed E-state index contributed by atoms with van der Waals surface area (Å²) in [5.41, 5.74) is 2.64. The first-order valence-electron chi connectivity index (χ1n) is 11.1. The van der Waals surface area contributed by atoms with Crippen molar-refractivity contribution in [2.75, 3.05) is 30.3 Å². The summed E-state index contributed by atoms with van der Waals surface area (Å²) in [5.74, 6) is 0.296. The highest BCUT2D eigenvalue weighted by molar-refractivity contribution is 7.92. The first-order chi connectivity index (χ1) is 15.3. The molecular formula is C24H33N3O4S. The van der Waals surface area contributed by atoms with Gasteiger partial charge in [-0.15, -0.1) is 0 Å². The van der Waals surface area contributed by atoms with Crippen LogP contribution in [0.2, 0.25) is 0 Å². The van der Waals surface area contributed by atoms with Gasteiger partial charge >= 0.3 is 0 Å². The molecule has 1 aliphatic heterocycles. The van der Waals surface area contributed by atoms with Crippen LogP contribution in [0.1, 0.15) is 37.8 Å². The Balaban J connectivity index is 1.66. The highest BCUT2D eigenvalue weighted by atomic mass is 32.2. The van der Waals surface area contributed by atoms with E-state index in [4.69, 9.17) is 4.74 Å². The minimum atomic E-state index is -3.66. The predicted octanol–water partition coefficient (Wildman–Crippen LogP) is 3.15. The molecule has 1 heterocycles. The summed E-state index contributed by atoms with van der Waals surface area (Å²) in [4.78, 5) is 15.3. The summed E-state index contributed by atoms with van der Waals surface area (Å²) in [6, 6.07) is 14.0. The molecule has 174 valence electrons. The van der Waals surface area contributed by atoms with E-state index < -0.39 is 16.1 Å². The Morgan fingerprint density at radius 3 is 2.41 bits per heavy atom. The molecule has 3 rings (SSSR count). The monoisotopic (exact) mass is 459 g/mol. The Hall–Kier alpha value is -2.58. The van der Waals surface area contributed by atoms with Crippen LogP contribution in [0.3, 0.4) is 0 Å². The second-order valence-corrected chi connectivity index (χ2v) is 10.0. The predicted molar refractivity (Wildman–Crippen MR) is 127 cm³/mol. The highest BCUT2D eigenvalue weighted by Crippen LogP contribution is 2.24. The Morgan fingerprint density at radius 1 is 1.12 bits per heavy atom. The van der Waals surface area contributed by atoms with Gasteiger partial charge in [0.05, 0.1) is 18.6 Å². The van der Waals surface area contributed by atoms with Gasteiger partial charge in [0.2, 0.25) is 15.9 Å². The summed E-state index contributed by atoms with van der Waals surface area (Å²) in [5, 5.41) is 2.89. The Labute approximate surface area is 191 Å². The molecule has 32 heavy (non-hydrogen) atoms. The smallest absolute Gasteiger partial charge is 0.243 e. The summed E-state index contributed by atoms with van der Waals surface area (Å²) >= 11 is 0. The molecule has 0 aromatic heterocycles. The maximum absolute atomic E-state index is 12.9.